The Labute approximate surface area is 99.0 Å². The highest BCUT2D eigenvalue weighted by atomic mass is 16.7. The number of hydrogen-bond donors (Lipinski definition) is 0. The third-order valence-corrected chi connectivity index (χ3v) is 1.95. The van der Waals surface area contributed by atoms with Gasteiger partial charge in [0.25, 0.3) is 0 Å². The number of carbonyl (C=O) groups is 3. The molecule has 1 atom stereocenters. The predicted molar refractivity (Wildman–Crippen MR) is 55.1 cm³/mol. The highest BCUT2D eigenvalue weighted by molar-refractivity contribution is 5.77. The largest absolute Gasteiger partial charge is 0.508 e. The lowest BCUT2D eigenvalue weighted by Gasteiger charge is -2.24. The Kier molecular flexibility index (Phi) is 6.01. The number of carbonyl (C=O) groups excluding carboxylic acids is 3. The van der Waals surface area contributed by atoms with Crippen molar-refractivity contribution < 1.29 is 33.3 Å². The molecule has 0 bridgehead atoms. The average Bonchev–Trinajstić information content (AvgIpc) is 2.32. The lowest BCUT2D eigenvalue weighted by atomic mass is 9.93. The molecular weight excluding hydrogens is 232 g/mol. The van der Waals surface area contributed by atoms with Crippen LogP contribution in [-0.4, -0.2) is 45.5 Å². The Morgan fingerprint density at radius 3 is 1.94 bits per heavy atom. The van der Waals surface area contributed by atoms with E-state index in [1.54, 1.807) is 0 Å². The van der Waals surface area contributed by atoms with E-state index in [0.717, 1.165) is 7.11 Å². The molecule has 0 spiro atoms. The second-order valence-electron chi connectivity index (χ2n) is 3.58. The monoisotopic (exact) mass is 248 g/mol. The number of ether oxygens (including phenoxy) is 4. The van der Waals surface area contributed by atoms with E-state index in [1.165, 1.54) is 21.0 Å². The molecule has 0 heterocycles. The summed E-state index contributed by atoms with van der Waals surface area (Å²) in [7, 11) is 2.33. The van der Waals surface area contributed by atoms with E-state index in [4.69, 9.17) is 4.74 Å². The van der Waals surface area contributed by atoms with E-state index < -0.39 is 23.5 Å². The van der Waals surface area contributed by atoms with Crippen molar-refractivity contribution in [3.8, 4) is 0 Å². The second kappa shape index (κ2) is 6.72. The number of esters is 2. The quantitative estimate of drug-likeness (QED) is 0.517. The van der Waals surface area contributed by atoms with Crippen LogP contribution in [0.1, 0.15) is 13.8 Å². The van der Waals surface area contributed by atoms with E-state index in [2.05, 4.69) is 14.2 Å². The minimum Gasteiger partial charge on any atom is -0.468 e. The van der Waals surface area contributed by atoms with Crippen molar-refractivity contribution in [1.82, 2.24) is 0 Å². The molecule has 1 unspecified atom stereocenters. The van der Waals surface area contributed by atoms with Gasteiger partial charge in [-0.25, -0.2) is 4.79 Å². The van der Waals surface area contributed by atoms with Crippen molar-refractivity contribution >= 4 is 18.1 Å². The molecule has 0 aliphatic carbocycles. The van der Waals surface area contributed by atoms with Gasteiger partial charge in [0.1, 0.15) is 18.6 Å². The Bertz CT molecular complexity index is 299. The van der Waals surface area contributed by atoms with E-state index in [-0.39, 0.29) is 13.2 Å². The fraction of sp³-hybridized carbons (Fsp3) is 0.700. The summed E-state index contributed by atoms with van der Waals surface area (Å²) in [6.45, 7) is 2.11. The van der Waals surface area contributed by atoms with Gasteiger partial charge in [-0.1, -0.05) is 0 Å². The van der Waals surface area contributed by atoms with Crippen molar-refractivity contribution in [2.75, 3.05) is 27.4 Å². The fourth-order valence-electron chi connectivity index (χ4n) is 0.944. The molecule has 0 rings (SSSR count). The summed E-state index contributed by atoms with van der Waals surface area (Å²) in [5.74, 6) is -1.19. The first-order valence-electron chi connectivity index (χ1n) is 4.78. The van der Waals surface area contributed by atoms with E-state index in [0.29, 0.717) is 0 Å². The maximum absolute atomic E-state index is 11.5. The fourth-order valence-corrected chi connectivity index (χ4v) is 0.944. The van der Waals surface area contributed by atoms with Crippen LogP contribution in [-0.2, 0) is 28.5 Å². The Morgan fingerprint density at radius 1 is 1.00 bits per heavy atom. The Hall–Kier alpha value is -1.79. The highest BCUT2D eigenvalue weighted by Crippen LogP contribution is 2.20. The maximum Gasteiger partial charge on any atom is 0.508 e. The normalized spacial score (nSPS) is 13.2. The van der Waals surface area contributed by atoms with Crippen molar-refractivity contribution in [2.24, 2.45) is 5.41 Å². The van der Waals surface area contributed by atoms with Crippen molar-refractivity contribution in [2.45, 2.75) is 13.8 Å². The molecule has 0 fully saturated rings. The molecule has 7 heteroatoms. The topological polar surface area (TPSA) is 88.1 Å². The van der Waals surface area contributed by atoms with Gasteiger partial charge >= 0.3 is 18.1 Å². The highest BCUT2D eigenvalue weighted by Gasteiger charge is 2.38. The molecule has 0 aliphatic heterocycles. The van der Waals surface area contributed by atoms with E-state index >= 15 is 0 Å². The van der Waals surface area contributed by atoms with Crippen LogP contribution in [0.15, 0.2) is 0 Å². The molecule has 0 aromatic rings. The van der Waals surface area contributed by atoms with Crippen LogP contribution in [0.2, 0.25) is 0 Å². The van der Waals surface area contributed by atoms with Crippen molar-refractivity contribution in [3.63, 3.8) is 0 Å². The van der Waals surface area contributed by atoms with Gasteiger partial charge in [-0.15, -0.1) is 0 Å². The van der Waals surface area contributed by atoms with E-state index in [1.807, 2.05) is 0 Å². The summed E-state index contributed by atoms with van der Waals surface area (Å²) in [5.41, 5.74) is -1.26. The Morgan fingerprint density at radius 2 is 1.53 bits per heavy atom. The average molecular weight is 248 g/mol. The summed E-state index contributed by atoms with van der Waals surface area (Å²) in [6, 6.07) is 0. The van der Waals surface area contributed by atoms with Crippen LogP contribution in [0, 0.1) is 5.41 Å². The van der Waals surface area contributed by atoms with Gasteiger partial charge in [-0.05, 0) is 6.92 Å². The summed E-state index contributed by atoms with van der Waals surface area (Å²) in [6.07, 6.45) is -0.928. The zero-order chi connectivity index (χ0) is 13.5. The Balaban J connectivity index is 4.55. The second-order valence-corrected chi connectivity index (χ2v) is 3.58. The predicted octanol–water partition coefficient (Wildman–Crippen LogP) is 0.512. The van der Waals surface area contributed by atoms with Gasteiger partial charge in [0, 0.05) is 6.92 Å². The van der Waals surface area contributed by atoms with Crippen LogP contribution in [0.4, 0.5) is 4.79 Å². The van der Waals surface area contributed by atoms with Crippen molar-refractivity contribution in [1.29, 1.82) is 0 Å². The zero-order valence-electron chi connectivity index (χ0n) is 10.3. The number of methoxy groups -OCH3 is 2. The zero-order valence-corrected chi connectivity index (χ0v) is 10.3. The van der Waals surface area contributed by atoms with E-state index in [9.17, 15) is 14.4 Å². The minimum atomic E-state index is -1.26. The molecule has 17 heavy (non-hydrogen) atoms. The number of hydrogen-bond acceptors (Lipinski definition) is 7. The van der Waals surface area contributed by atoms with Crippen LogP contribution in [0.5, 0.6) is 0 Å². The molecule has 0 aliphatic rings. The first kappa shape index (κ1) is 15.2. The molecule has 0 N–H and O–H groups in total. The SMILES string of the molecule is COC(=O)OCC(C)(COC(C)=O)C(=O)OC. The maximum atomic E-state index is 11.5. The number of rotatable bonds is 5. The molecule has 0 saturated carbocycles. The third kappa shape index (κ3) is 5.19. The molecule has 0 aromatic heterocycles. The molecule has 0 aromatic carbocycles. The standard InChI is InChI=1S/C10H16O7/c1-7(11)16-5-10(2,8(12)14-3)6-17-9(13)15-4/h5-6H2,1-4H3. The minimum absolute atomic E-state index is 0.244. The molecule has 7 nitrogen and oxygen atoms in total. The first-order chi connectivity index (χ1) is 7.85. The summed E-state index contributed by atoms with van der Waals surface area (Å²) >= 11 is 0. The van der Waals surface area contributed by atoms with Crippen LogP contribution < -0.4 is 0 Å². The summed E-state index contributed by atoms with van der Waals surface area (Å²) < 4.78 is 18.2. The molecular formula is C10H16O7. The van der Waals surface area contributed by atoms with Gasteiger partial charge in [0.15, 0.2) is 0 Å². The smallest absolute Gasteiger partial charge is 0.468 e. The van der Waals surface area contributed by atoms with Crippen LogP contribution in [0.25, 0.3) is 0 Å². The lowest BCUT2D eigenvalue weighted by molar-refractivity contribution is -0.162. The molecule has 0 amide bonds. The van der Waals surface area contributed by atoms with Gasteiger partial charge in [0.05, 0.1) is 14.2 Å². The molecule has 0 radical (unpaired) electrons. The third-order valence-electron chi connectivity index (χ3n) is 1.95. The lowest BCUT2D eigenvalue weighted by Crippen LogP contribution is -2.39. The van der Waals surface area contributed by atoms with Crippen molar-refractivity contribution in [3.05, 3.63) is 0 Å². The van der Waals surface area contributed by atoms with Gasteiger partial charge in [0.2, 0.25) is 0 Å². The van der Waals surface area contributed by atoms with Gasteiger partial charge < -0.3 is 18.9 Å². The van der Waals surface area contributed by atoms with Gasteiger partial charge in [-0.3, -0.25) is 9.59 Å². The first-order valence-corrected chi connectivity index (χ1v) is 4.78. The summed E-state index contributed by atoms with van der Waals surface area (Å²) in [4.78, 5) is 33.0. The molecule has 0 saturated heterocycles. The summed E-state index contributed by atoms with van der Waals surface area (Å²) in [5, 5.41) is 0. The van der Waals surface area contributed by atoms with Crippen LogP contribution in [0.3, 0.4) is 0 Å². The van der Waals surface area contributed by atoms with Crippen LogP contribution >= 0.6 is 0 Å². The molecule has 98 valence electrons. The van der Waals surface area contributed by atoms with Gasteiger partial charge in [-0.2, -0.15) is 0 Å².